The van der Waals surface area contributed by atoms with E-state index in [4.69, 9.17) is 5.10 Å². The van der Waals surface area contributed by atoms with Crippen molar-refractivity contribution in [3.63, 3.8) is 0 Å². The van der Waals surface area contributed by atoms with Crippen LogP contribution in [0.25, 0.3) is 11.3 Å². The van der Waals surface area contributed by atoms with Gasteiger partial charge in [0, 0.05) is 11.6 Å². The Morgan fingerprint density at radius 3 is 2.44 bits per heavy atom. The van der Waals surface area contributed by atoms with Crippen LogP contribution in [0.2, 0.25) is 0 Å². The first-order chi connectivity index (χ1) is 17.3. The van der Waals surface area contributed by atoms with Crippen LogP contribution in [0.5, 0.6) is 0 Å². The summed E-state index contributed by atoms with van der Waals surface area (Å²) in [7, 11) is 0. The lowest BCUT2D eigenvalue weighted by Crippen LogP contribution is -2.65. The van der Waals surface area contributed by atoms with Crippen molar-refractivity contribution in [2.24, 2.45) is 0 Å². The molecule has 0 spiro atoms. The maximum absolute atomic E-state index is 15.0. The number of hydrogen-bond acceptors (Lipinski definition) is 3. The number of aromatic nitrogens is 2. The second-order valence-electron chi connectivity index (χ2n) is 10.5. The molecule has 2 aliphatic rings. The molecule has 1 aliphatic carbocycles. The van der Waals surface area contributed by atoms with Gasteiger partial charge >= 0.3 is 0 Å². The van der Waals surface area contributed by atoms with Crippen molar-refractivity contribution < 1.29 is 14.0 Å². The number of anilines is 1. The minimum absolute atomic E-state index is 0.0645. The van der Waals surface area contributed by atoms with Crippen LogP contribution in [0.15, 0.2) is 54.6 Å². The lowest BCUT2D eigenvalue weighted by molar-refractivity contribution is -0.127. The van der Waals surface area contributed by atoms with Crippen LogP contribution in [0.4, 0.5) is 10.1 Å². The molecule has 0 saturated heterocycles. The van der Waals surface area contributed by atoms with E-state index in [1.165, 1.54) is 23.0 Å². The molecule has 6 nitrogen and oxygen atoms in total. The van der Waals surface area contributed by atoms with Crippen molar-refractivity contribution >= 4 is 17.5 Å². The number of hydrogen-bond donors (Lipinski definition) is 1. The SMILES string of the molecule is CC(C)c1ccc(-c2cc3n(n2)C[C@](C)(C(=O)NC2CCCCC2)N(c2ccccc2F)C3=O)cc1. The van der Waals surface area contributed by atoms with Gasteiger partial charge in [0.25, 0.3) is 5.91 Å². The first-order valence-electron chi connectivity index (χ1n) is 12.9. The van der Waals surface area contributed by atoms with Gasteiger partial charge in [-0.2, -0.15) is 5.10 Å². The molecule has 1 aromatic heterocycles. The van der Waals surface area contributed by atoms with Crippen molar-refractivity contribution in [2.45, 2.75) is 76.9 Å². The van der Waals surface area contributed by atoms with Crippen LogP contribution in [-0.4, -0.2) is 33.2 Å². The summed E-state index contributed by atoms with van der Waals surface area (Å²) in [5.74, 6) is -0.853. The number of benzene rings is 2. The summed E-state index contributed by atoms with van der Waals surface area (Å²) in [5, 5.41) is 7.88. The minimum atomic E-state index is -1.34. The highest BCUT2D eigenvalue weighted by atomic mass is 19.1. The first-order valence-corrected chi connectivity index (χ1v) is 12.9. The highest BCUT2D eigenvalue weighted by molar-refractivity contribution is 6.12. The fourth-order valence-electron chi connectivity index (χ4n) is 5.36. The van der Waals surface area contributed by atoms with E-state index in [1.807, 2.05) is 12.1 Å². The molecular weight excluding hydrogens is 455 g/mol. The second kappa shape index (κ2) is 9.52. The second-order valence-corrected chi connectivity index (χ2v) is 10.5. The largest absolute Gasteiger partial charge is 0.351 e. The zero-order valence-corrected chi connectivity index (χ0v) is 21.1. The average molecular weight is 489 g/mol. The summed E-state index contributed by atoms with van der Waals surface area (Å²) in [4.78, 5) is 29.0. The summed E-state index contributed by atoms with van der Waals surface area (Å²) >= 11 is 0. The third-order valence-corrected chi connectivity index (χ3v) is 7.55. The lowest BCUT2D eigenvalue weighted by Gasteiger charge is -2.44. The molecule has 36 heavy (non-hydrogen) atoms. The topological polar surface area (TPSA) is 67.2 Å². The lowest BCUT2D eigenvalue weighted by atomic mass is 9.91. The van der Waals surface area contributed by atoms with Crippen LogP contribution < -0.4 is 10.2 Å². The molecule has 2 heterocycles. The standard InChI is InChI=1S/C29H33FN4O2/c1-19(2)20-13-15-21(16-14-20)24-17-26-27(35)34(25-12-8-7-11-23(25)30)29(3,18-33(26)32-24)28(36)31-22-9-5-4-6-10-22/h7-8,11-17,19,22H,4-6,9-10,18H2,1-3H3,(H,31,36)/t29-/m1/s1. The van der Waals surface area contributed by atoms with Gasteiger partial charge in [-0.15, -0.1) is 0 Å². The van der Waals surface area contributed by atoms with E-state index in [9.17, 15) is 9.59 Å². The molecule has 1 N–H and O–H groups in total. The van der Waals surface area contributed by atoms with Crippen LogP contribution in [0, 0.1) is 5.82 Å². The minimum Gasteiger partial charge on any atom is -0.351 e. The van der Waals surface area contributed by atoms with E-state index in [-0.39, 0.29) is 24.2 Å². The number of carbonyl (C=O) groups excluding carboxylic acids is 2. The quantitative estimate of drug-likeness (QED) is 0.502. The Kier molecular flexibility index (Phi) is 6.41. The summed E-state index contributed by atoms with van der Waals surface area (Å²) < 4.78 is 16.6. The number of halogens is 1. The van der Waals surface area contributed by atoms with Crippen molar-refractivity contribution in [1.82, 2.24) is 15.1 Å². The third kappa shape index (κ3) is 4.31. The van der Waals surface area contributed by atoms with Crippen molar-refractivity contribution in [3.05, 3.63) is 71.7 Å². The van der Waals surface area contributed by atoms with Gasteiger partial charge in [-0.3, -0.25) is 19.2 Å². The zero-order chi connectivity index (χ0) is 25.4. The Morgan fingerprint density at radius 2 is 1.78 bits per heavy atom. The molecular formula is C29H33FN4O2. The molecule has 0 bridgehead atoms. The molecule has 5 rings (SSSR count). The van der Waals surface area contributed by atoms with E-state index in [2.05, 4.69) is 31.3 Å². The molecule has 1 saturated carbocycles. The van der Waals surface area contributed by atoms with E-state index in [0.29, 0.717) is 17.3 Å². The summed E-state index contributed by atoms with van der Waals surface area (Å²) in [6.07, 6.45) is 5.14. The van der Waals surface area contributed by atoms with E-state index in [0.717, 1.165) is 31.2 Å². The smallest absolute Gasteiger partial charge is 0.277 e. The molecule has 2 aromatic carbocycles. The first kappa shape index (κ1) is 24.2. The molecule has 3 aromatic rings. The number of para-hydroxylation sites is 1. The molecule has 1 fully saturated rings. The average Bonchev–Trinajstić information content (AvgIpc) is 3.30. The van der Waals surface area contributed by atoms with Crippen molar-refractivity contribution in [3.8, 4) is 11.3 Å². The molecule has 0 unspecified atom stereocenters. The normalized spacial score (nSPS) is 20.5. The number of nitrogens with one attached hydrogen (secondary N) is 1. The van der Waals surface area contributed by atoms with Crippen LogP contribution in [0.3, 0.4) is 0 Å². The van der Waals surface area contributed by atoms with E-state index in [1.54, 1.807) is 35.9 Å². The van der Waals surface area contributed by atoms with Crippen LogP contribution in [0.1, 0.15) is 74.8 Å². The molecule has 188 valence electrons. The highest BCUT2D eigenvalue weighted by Gasteiger charge is 2.50. The zero-order valence-electron chi connectivity index (χ0n) is 21.1. The summed E-state index contributed by atoms with van der Waals surface area (Å²) in [6, 6.07) is 16.0. The van der Waals surface area contributed by atoms with Gasteiger partial charge in [0.2, 0.25) is 5.91 Å². The van der Waals surface area contributed by atoms with Gasteiger partial charge < -0.3 is 5.32 Å². The van der Waals surface area contributed by atoms with Crippen molar-refractivity contribution in [1.29, 1.82) is 0 Å². The van der Waals surface area contributed by atoms with Gasteiger partial charge in [-0.05, 0) is 49.4 Å². The van der Waals surface area contributed by atoms with Gasteiger partial charge in [-0.1, -0.05) is 69.5 Å². The molecule has 7 heteroatoms. The van der Waals surface area contributed by atoms with Gasteiger partial charge in [-0.25, -0.2) is 4.39 Å². The Bertz CT molecular complexity index is 1280. The highest BCUT2D eigenvalue weighted by Crippen LogP contribution is 2.36. The molecule has 1 aliphatic heterocycles. The Morgan fingerprint density at radius 1 is 1.08 bits per heavy atom. The number of nitrogens with zero attached hydrogens (tertiary/aromatic N) is 3. The summed E-state index contributed by atoms with van der Waals surface area (Å²) in [5.41, 5.74) is 1.85. The van der Waals surface area contributed by atoms with Gasteiger partial charge in [0.15, 0.2) is 0 Å². The number of amides is 2. The fraction of sp³-hybridized carbons (Fsp3) is 0.414. The summed E-state index contributed by atoms with van der Waals surface area (Å²) in [6.45, 7) is 6.11. The maximum atomic E-state index is 15.0. The number of carbonyl (C=O) groups is 2. The van der Waals surface area contributed by atoms with Gasteiger partial charge in [0.1, 0.15) is 17.1 Å². The molecule has 2 amide bonds. The molecule has 0 radical (unpaired) electrons. The van der Waals surface area contributed by atoms with Crippen molar-refractivity contribution in [2.75, 3.05) is 4.90 Å². The predicted molar refractivity (Wildman–Crippen MR) is 138 cm³/mol. The van der Waals surface area contributed by atoms with Gasteiger partial charge in [0.05, 0.1) is 17.9 Å². The monoisotopic (exact) mass is 488 g/mol. The van der Waals surface area contributed by atoms with E-state index < -0.39 is 17.3 Å². The number of fused-ring (bicyclic) bond motifs is 1. The predicted octanol–water partition coefficient (Wildman–Crippen LogP) is 5.68. The van der Waals surface area contributed by atoms with E-state index >= 15 is 4.39 Å². The number of rotatable bonds is 5. The Balaban J connectivity index is 1.55. The van der Waals surface area contributed by atoms with Crippen LogP contribution >= 0.6 is 0 Å². The van der Waals surface area contributed by atoms with Crippen LogP contribution in [-0.2, 0) is 11.3 Å². The fourth-order valence-corrected chi connectivity index (χ4v) is 5.36. The Hall–Kier alpha value is -3.48. The third-order valence-electron chi connectivity index (χ3n) is 7.55. The Labute approximate surface area is 211 Å². The molecule has 1 atom stereocenters. The maximum Gasteiger partial charge on any atom is 0.277 e.